The Labute approximate surface area is 202 Å². The van der Waals surface area contributed by atoms with E-state index in [-0.39, 0.29) is 11.9 Å². The predicted octanol–water partition coefficient (Wildman–Crippen LogP) is 4.58. The lowest BCUT2D eigenvalue weighted by molar-refractivity contribution is 0.0169. The number of carbonyl (C=O) groups excluding carboxylic acids is 1. The summed E-state index contributed by atoms with van der Waals surface area (Å²) < 4.78 is 11.3. The molecule has 2 aromatic carbocycles. The molecule has 8 heteroatoms. The van der Waals surface area contributed by atoms with Crippen LogP contribution in [0.5, 0.6) is 0 Å². The van der Waals surface area contributed by atoms with Gasteiger partial charge in [-0.3, -0.25) is 9.69 Å². The Morgan fingerprint density at radius 3 is 2.26 bits per heavy atom. The second-order valence-corrected chi connectivity index (χ2v) is 9.22. The van der Waals surface area contributed by atoms with E-state index in [1.54, 1.807) is 23.5 Å². The molecule has 5 rings (SSSR count). The van der Waals surface area contributed by atoms with Gasteiger partial charge in [0.15, 0.2) is 0 Å². The molecule has 0 unspecified atom stereocenters. The van der Waals surface area contributed by atoms with E-state index in [2.05, 4.69) is 37.9 Å². The van der Waals surface area contributed by atoms with Gasteiger partial charge in [-0.15, -0.1) is 21.5 Å². The van der Waals surface area contributed by atoms with Crippen molar-refractivity contribution in [3.63, 3.8) is 0 Å². The molecule has 1 aliphatic rings. The van der Waals surface area contributed by atoms with Crippen LogP contribution >= 0.6 is 11.3 Å². The minimum Gasteiger partial charge on any atom is -0.416 e. The average Bonchev–Trinajstić information content (AvgIpc) is 3.59. The van der Waals surface area contributed by atoms with Gasteiger partial charge in [0.2, 0.25) is 11.8 Å². The van der Waals surface area contributed by atoms with Crippen molar-refractivity contribution >= 4 is 17.2 Å². The summed E-state index contributed by atoms with van der Waals surface area (Å²) >= 11 is 1.72. The Bertz CT molecular complexity index is 1210. The normalized spacial score (nSPS) is 15.2. The van der Waals surface area contributed by atoms with E-state index in [1.807, 2.05) is 43.3 Å². The number of hydrogen-bond donors (Lipinski definition) is 1. The number of amides is 1. The maximum atomic E-state index is 12.9. The van der Waals surface area contributed by atoms with E-state index in [9.17, 15) is 4.79 Å². The SMILES string of the molecule is Cc1ccc(-c2nnc(-c3ccc(C(=O)NC[C@H](c4cccs4)N4CCOCC4)cc3)o2)cc1. The molecule has 34 heavy (non-hydrogen) atoms. The third-order valence-electron chi connectivity index (χ3n) is 5.93. The first kappa shape index (κ1) is 22.5. The zero-order chi connectivity index (χ0) is 23.3. The van der Waals surface area contributed by atoms with Crippen LogP contribution in [0, 0.1) is 6.92 Å². The molecule has 7 nitrogen and oxygen atoms in total. The molecule has 1 fully saturated rings. The first-order valence-corrected chi connectivity index (χ1v) is 12.2. The molecule has 0 aliphatic carbocycles. The van der Waals surface area contributed by atoms with Gasteiger partial charge in [0.25, 0.3) is 5.91 Å². The van der Waals surface area contributed by atoms with E-state index < -0.39 is 0 Å². The van der Waals surface area contributed by atoms with E-state index in [0.29, 0.717) is 23.9 Å². The van der Waals surface area contributed by atoms with E-state index >= 15 is 0 Å². The van der Waals surface area contributed by atoms with Crippen LogP contribution in [0.25, 0.3) is 22.9 Å². The molecule has 0 bridgehead atoms. The number of thiophene rings is 1. The minimum atomic E-state index is -0.104. The van der Waals surface area contributed by atoms with Crippen molar-refractivity contribution < 1.29 is 13.9 Å². The summed E-state index contributed by atoms with van der Waals surface area (Å²) in [5.74, 6) is 0.791. The van der Waals surface area contributed by atoms with E-state index in [4.69, 9.17) is 9.15 Å². The molecule has 4 aromatic rings. The lowest BCUT2D eigenvalue weighted by atomic mass is 10.1. The summed E-state index contributed by atoms with van der Waals surface area (Å²) in [5.41, 5.74) is 3.41. The highest BCUT2D eigenvalue weighted by molar-refractivity contribution is 7.10. The smallest absolute Gasteiger partial charge is 0.251 e. The zero-order valence-electron chi connectivity index (χ0n) is 18.9. The van der Waals surface area contributed by atoms with E-state index in [1.165, 1.54) is 10.4 Å². The van der Waals surface area contributed by atoms with Crippen molar-refractivity contribution in [3.8, 4) is 22.9 Å². The van der Waals surface area contributed by atoms with Crippen LogP contribution in [-0.4, -0.2) is 53.9 Å². The Balaban J connectivity index is 1.24. The molecule has 0 spiro atoms. The lowest BCUT2D eigenvalue weighted by Crippen LogP contribution is -2.43. The fourth-order valence-corrected chi connectivity index (χ4v) is 4.85. The number of morpholine rings is 1. The summed E-state index contributed by atoms with van der Waals surface area (Å²) in [5, 5.41) is 13.5. The lowest BCUT2D eigenvalue weighted by Gasteiger charge is -2.34. The van der Waals surface area contributed by atoms with Crippen LogP contribution in [0.3, 0.4) is 0 Å². The van der Waals surface area contributed by atoms with Crippen LogP contribution < -0.4 is 5.32 Å². The minimum absolute atomic E-state index is 0.104. The first-order chi connectivity index (χ1) is 16.7. The second kappa shape index (κ2) is 10.3. The molecule has 174 valence electrons. The number of nitrogens with zero attached hydrogens (tertiary/aromatic N) is 3. The van der Waals surface area contributed by atoms with Crippen LogP contribution in [0.1, 0.15) is 26.8 Å². The number of carbonyl (C=O) groups is 1. The van der Waals surface area contributed by atoms with Crippen LogP contribution in [0.2, 0.25) is 0 Å². The average molecular weight is 475 g/mol. The summed E-state index contributed by atoms with van der Waals surface area (Å²) in [6.45, 7) is 5.75. The fourth-order valence-electron chi connectivity index (χ4n) is 3.99. The molecule has 1 saturated heterocycles. The molecule has 1 aliphatic heterocycles. The maximum absolute atomic E-state index is 12.9. The second-order valence-electron chi connectivity index (χ2n) is 8.25. The van der Waals surface area contributed by atoms with E-state index in [0.717, 1.165) is 37.4 Å². The van der Waals surface area contributed by atoms with Gasteiger partial charge in [-0.1, -0.05) is 23.8 Å². The van der Waals surface area contributed by atoms with Gasteiger partial charge in [0.1, 0.15) is 0 Å². The van der Waals surface area contributed by atoms with Crippen LogP contribution in [0.4, 0.5) is 0 Å². The molecule has 0 radical (unpaired) electrons. The predicted molar refractivity (Wildman–Crippen MR) is 132 cm³/mol. The number of nitrogens with one attached hydrogen (secondary N) is 1. The van der Waals surface area contributed by atoms with Gasteiger partial charge in [-0.25, -0.2) is 0 Å². The van der Waals surface area contributed by atoms with Crippen LogP contribution in [0.15, 0.2) is 70.5 Å². The summed E-state index contributed by atoms with van der Waals surface area (Å²) in [4.78, 5) is 16.5. The van der Waals surface area contributed by atoms with Crippen molar-refractivity contribution in [3.05, 3.63) is 82.0 Å². The largest absolute Gasteiger partial charge is 0.416 e. The van der Waals surface area contributed by atoms with Crippen molar-refractivity contribution in [2.75, 3.05) is 32.8 Å². The number of aryl methyl sites for hydroxylation is 1. The van der Waals surface area contributed by atoms with Crippen molar-refractivity contribution in [1.82, 2.24) is 20.4 Å². The molecule has 2 aromatic heterocycles. The summed E-state index contributed by atoms with van der Waals surface area (Å²) in [7, 11) is 0. The summed E-state index contributed by atoms with van der Waals surface area (Å²) in [6.07, 6.45) is 0. The van der Waals surface area contributed by atoms with Gasteiger partial charge in [-0.05, 0) is 54.8 Å². The fraction of sp³-hybridized carbons (Fsp3) is 0.269. The van der Waals surface area contributed by atoms with Gasteiger partial charge in [0, 0.05) is 41.2 Å². The highest BCUT2D eigenvalue weighted by atomic mass is 32.1. The number of ether oxygens (including phenoxy) is 1. The topological polar surface area (TPSA) is 80.5 Å². The third-order valence-corrected chi connectivity index (χ3v) is 6.91. The summed E-state index contributed by atoms with van der Waals surface area (Å²) in [6, 6.07) is 19.5. The molecular weight excluding hydrogens is 448 g/mol. The molecule has 0 saturated carbocycles. The van der Waals surface area contributed by atoms with Crippen LogP contribution in [-0.2, 0) is 4.74 Å². The molecule has 1 N–H and O–H groups in total. The quantitative estimate of drug-likeness (QED) is 0.422. The molecule has 1 amide bonds. The number of aromatic nitrogens is 2. The Hall–Kier alpha value is -3.33. The molecular formula is C26H26N4O3S. The Morgan fingerprint density at radius 2 is 1.65 bits per heavy atom. The Morgan fingerprint density at radius 1 is 1.00 bits per heavy atom. The maximum Gasteiger partial charge on any atom is 0.251 e. The highest BCUT2D eigenvalue weighted by Crippen LogP contribution is 2.26. The van der Waals surface area contributed by atoms with Gasteiger partial charge >= 0.3 is 0 Å². The first-order valence-electron chi connectivity index (χ1n) is 11.3. The monoisotopic (exact) mass is 474 g/mol. The van der Waals surface area contributed by atoms with Crippen molar-refractivity contribution in [1.29, 1.82) is 0 Å². The number of benzene rings is 2. The van der Waals surface area contributed by atoms with Crippen molar-refractivity contribution in [2.45, 2.75) is 13.0 Å². The number of hydrogen-bond acceptors (Lipinski definition) is 7. The Kier molecular flexibility index (Phi) is 6.80. The van der Waals surface area contributed by atoms with Crippen molar-refractivity contribution in [2.24, 2.45) is 0 Å². The highest BCUT2D eigenvalue weighted by Gasteiger charge is 2.24. The third kappa shape index (κ3) is 5.09. The van der Waals surface area contributed by atoms with Gasteiger partial charge < -0.3 is 14.5 Å². The molecule has 3 heterocycles. The van der Waals surface area contributed by atoms with Gasteiger partial charge in [0.05, 0.1) is 19.3 Å². The molecule has 1 atom stereocenters. The van der Waals surface area contributed by atoms with Gasteiger partial charge in [-0.2, -0.15) is 0 Å². The standard InChI is InChI=1S/C26H26N4O3S/c1-18-4-6-20(7-5-18)25-28-29-26(33-25)21-10-8-19(9-11-21)24(31)27-17-22(23-3-2-16-34-23)30-12-14-32-15-13-30/h2-11,16,22H,12-15,17H2,1H3,(H,27,31)/t22-/m1/s1. The number of rotatable bonds is 7. The zero-order valence-corrected chi connectivity index (χ0v) is 19.8.